The summed E-state index contributed by atoms with van der Waals surface area (Å²) < 4.78 is 5.61. The molecule has 0 saturated heterocycles. The van der Waals surface area contributed by atoms with E-state index in [2.05, 4.69) is 5.32 Å². The summed E-state index contributed by atoms with van der Waals surface area (Å²) in [5, 5.41) is 21.1. The minimum absolute atomic E-state index is 0.0932. The second kappa shape index (κ2) is 10.6. The standard InChI is InChI=1S/C24H26N2O5/c27-15-13-24(12-4-7-20(17-24)18-5-2-1-3-6-18)23(29)25-14-16-31-21-10-8-19(9-11-21)22(28)26-30/h1-11,17,27,30H,12-16H2,(H,25,29)(H,26,28). The quantitative estimate of drug-likeness (QED) is 0.282. The second-order valence-corrected chi connectivity index (χ2v) is 7.27. The van der Waals surface area contributed by atoms with E-state index in [4.69, 9.17) is 9.94 Å². The highest BCUT2D eigenvalue weighted by molar-refractivity contribution is 5.93. The van der Waals surface area contributed by atoms with Crippen LogP contribution in [0.3, 0.4) is 0 Å². The number of benzene rings is 2. The van der Waals surface area contributed by atoms with Crippen molar-refractivity contribution in [3.05, 3.63) is 84.0 Å². The Bertz CT molecular complexity index is 954. The molecule has 0 bridgehead atoms. The van der Waals surface area contributed by atoms with Crippen LogP contribution in [0, 0.1) is 5.41 Å². The van der Waals surface area contributed by atoms with Crippen LogP contribution in [0.15, 0.2) is 72.8 Å². The zero-order valence-electron chi connectivity index (χ0n) is 17.1. The van der Waals surface area contributed by atoms with Gasteiger partial charge >= 0.3 is 0 Å². The summed E-state index contributed by atoms with van der Waals surface area (Å²) in [7, 11) is 0. The SMILES string of the molecule is O=C(NO)c1ccc(OCCNC(=O)C2(CCO)C=C(c3ccccc3)C=CC2)cc1. The van der Waals surface area contributed by atoms with E-state index in [9.17, 15) is 14.7 Å². The lowest BCUT2D eigenvalue weighted by atomic mass is 9.75. The molecular weight excluding hydrogens is 396 g/mol. The molecule has 2 amide bonds. The Balaban J connectivity index is 1.59. The minimum Gasteiger partial charge on any atom is -0.492 e. The third-order valence-corrected chi connectivity index (χ3v) is 5.20. The first-order valence-corrected chi connectivity index (χ1v) is 10.1. The van der Waals surface area contributed by atoms with Crippen LogP contribution in [0.2, 0.25) is 0 Å². The van der Waals surface area contributed by atoms with Crippen molar-refractivity contribution in [2.75, 3.05) is 19.8 Å². The Morgan fingerprint density at radius 2 is 1.81 bits per heavy atom. The van der Waals surface area contributed by atoms with E-state index in [1.54, 1.807) is 17.6 Å². The second-order valence-electron chi connectivity index (χ2n) is 7.27. The number of allylic oxidation sites excluding steroid dienone is 3. The van der Waals surface area contributed by atoms with Gasteiger partial charge in [-0.05, 0) is 48.2 Å². The van der Waals surface area contributed by atoms with Crippen molar-refractivity contribution < 1.29 is 24.6 Å². The first-order chi connectivity index (χ1) is 15.1. The fourth-order valence-corrected chi connectivity index (χ4v) is 3.53. The molecule has 7 nitrogen and oxygen atoms in total. The van der Waals surface area contributed by atoms with Crippen LogP contribution in [0.25, 0.3) is 5.57 Å². The molecule has 3 rings (SSSR count). The van der Waals surface area contributed by atoms with Crippen molar-refractivity contribution in [2.24, 2.45) is 5.41 Å². The van der Waals surface area contributed by atoms with E-state index in [1.807, 2.05) is 48.6 Å². The topological polar surface area (TPSA) is 108 Å². The lowest BCUT2D eigenvalue weighted by molar-refractivity contribution is -0.129. The molecule has 2 aromatic carbocycles. The van der Waals surface area contributed by atoms with Gasteiger partial charge in [0, 0.05) is 12.2 Å². The molecule has 0 spiro atoms. The van der Waals surface area contributed by atoms with Gasteiger partial charge in [-0.25, -0.2) is 5.48 Å². The van der Waals surface area contributed by atoms with E-state index in [1.165, 1.54) is 12.1 Å². The van der Waals surface area contributed by atoms with Crippen molar-refractivity contribution in [3.8, 4) is 5.75 Å². The van der Waals surface area contributed by atoms with Gasteiger partial charge in [0.1, 0.15) is 12.4 Å². The molecule has 2 aromatic rings. The highest BCUT2D eigenvalue weighted by Gasteiger charge is 2.36. The third kappa shape index (κ3) is 5.59. The molecule has 7 heteroatoms. The summed E-state index contributed by atoms with van der Waals surface area (Å²) in [6.07, 6.45) is 6.76. The van der Waals surface area contributed by atoms with Gasteiger partial charge in [0.2, 0.25) is 5.91 Å². The molecule has 0 heterocycles. The van der Waals surface area contributed by atoms with Crippen molar-refractivity contribution >= 4 is 17.4 Å². The molecule has 0 aliphatic heterocycles. The van der Waals surface area contributed by atoms with E-state index < -0.39 is 11.3 Å². The van der Waals surface area contributed by atoms with Gasteiger partial charge in [0.15, 0.2) is 0 Å². The highest BCUT2D eigenvalue weighted by atomic mass is 16.5. The Kier molecular flexibility index (Phi) is 7.59. The fraction of sp³-hybridized carbons (Fsp3) is 0.250. The van der Waals surface area contributed by atoms with Crippen molar-refractivity contribution in [1.82, 2.24) is 10.8 Å². The van der Waals surface area contributed by atoms with E-state index >= 15 is 0 Å². The number of carbonyl (C=O) groups is 2. The van der Waals surface area contributed by atoms with E-state index in [0.717, 1.165) is 11.1 Å². The van der Waals surface area contributed by atoms with E-state index in [-0.39, 0.29) is 19.1 Å². The lowest BCUT2D eigenvalue weighted by Crippen LogP contribution is -2.42. The number of hydrogen-bond acceptors (Lipinski definition) is 5. The largest absolute Gasteiger partial charge is 0.492 e. The monoisotopic (exact) mass is 422 g/mol. The van der Waals surface area contributed by atoms with Crippen molar-refractivity contribution in [2.45, 2.75) is 12.8 Å². The average Bonchev–Trinajstić information content (AvgIpc) is 2.82. The number of nitrogens with one attached hydrogen (secondary N) is 2. The smallest absolute Gasteiger partial charge is 0.274 e. The predicted molar refractivity (Wildman–Crippen MR) is 117 cm³/mol. The van der Waals surface area contributed by atoms with Crippen LogP contribution in [0.1, 0.15) is 28.8 Å². The Hall–Kier alpha value is -3.42. The van der Waals surface area contributed by atoms with Crippen LogP contribution >= 0.6 is 0 Å². The molecular formula is C24H26N2O5. The van der Waals surface area contributed by atoms with Crippen LogP contribution in [0.4, 0.5) is 0 Å². The molecule has 0 radical (unpaired) electrons. The van der Waals surface area contributed by atoms with Crippen LogP contribution in [0.5, 0.6) is 5.75 Å². The highest BCUT2D eigenvalue weighted by Crippen LogP contribution is 2.37. The predicted octanol–water partition coefficient (Wildman–Crippen LogP) is 2.71. The zero-order chi connectivity index (χ0) is 22.1. The molecule has 0 saturated carbocycles. The number of rotatable bonds is 9. The Morgan fingerprint density at radius 1 is 1.06 bits per heavy atom. The van der Waals surface area contributed by atoms with Gasteiger partial charge < -0.3 is 15.2 Å². The fourth-order valence-electron chi connectivity index (χ4n) is 3.53. The van der Waals surface area contributed by atoms with Gasteiger partial charge in [-0.15, -0.1) is 0 Å². The molecule has 4 N–H and O–H groups in total. The van der Waals surface area contributed by atoms with Crippen molar-refractivity contribution in [1.29, 1.82) is 0 Å². The summed E-state index contributed by atoms with van der Waals surface area (Å²) in [5.41, 5.74) is 3.04. The average molecular weight is 422 g/mol. The van der Waals surface area contributed by atoms with Gasteiger partial charge in [0.25, 0.3) is 5.91 Å². The maximum absolute atomic E-state index is 13.0. The number of ether oxygens (including phenoxy) is 1. The summed E-state index contributed by atoms with van der Waals surface area (Å²) >= 11 is 0. The number of carbonyl (C=O) groups excluding carboxylic acids is 2. The maximum Gasteiger partial charge on any atom is 0.274 e. The van der Waals surface area contributed by atoms with Gasteiger partial charge in [-0.3, -0.25) is 14.8 Å². The molecule has 1 atom stereocenters. The first kappa shape index (κ1) is 22.3. The Labute approximate surface area is 181 Å². The zero-order valence-corrected chi connectivity index (χ0v) is 17.1. The number of hydrogen-bond donors (Lipinski definition) is 4. The summed E-state index contributed by atoms with van der Waals surface area (Å²) in [6, 6.07) is 16.1. The lowest BCUT2D eigenvalue weighted by Gasteiger charge is -2.31. The van der Waals surface area contributed by atoms with Gasteiger partial charge in [-0.2, -0.15) is 0 Å². The van der Waals surface area contributed by atoms with Crippen LogP contribution in [-0.4, -0.2) is 41.9 Å². The van der Waals surface area contributed by atoms with Gasteiger partial charge in [0.05, 0.1) is 12.0 Å². The normalized spacial score (nSPS) is 17.5. The van der Waals surface area contributed by atoms with Crippen LogP contribution < -0.4 is 15.5 Å². The number of aliphatic hydroxyl groups is 1. The molecule has 1 aliphatic rings. The Morgan fingerprint density at radius 3 is 2.48 bits per heavy atom. The molecule has 0 fully saturated rings. The first-order valence-electron chi connectivity index (χ1n) is 10.1. The summed E-state index contributed by atoms with van der Waals surface area (Å²) in [5.74, 6) is -0.212. The molecule has 1 unspecified atom stereocenters. The van der Waals surface area contributed by atoms with Gasteiger partial charge in [-0.1, -0.05) is 48.6 Å². The molecule has 0 aromatic heterocycles. The maximum atomic E-state index is 13.0. The summed E-state index contributed by atoms with van der Waals surface area (Å²) in [6.45, 7) is 0.449. The third-order valence-electron chi connectivity index (χ3n) is 5.20. The molecule has 31 heavy (non-hydrogen) atoms. The molecule has 1 aliphatic carbocycles. The molecule has 162 valence electrons. The van der Waals surface area contributed by atoms with Crippen LogP contribution in [-0.2, 0) is 4.79 Å². The van der Waals surface area contributed by atoms with Crippen molar-refractivity contribution in [3.63, 3.8) is 0 Å². The number of amides is 2. The number of aliphatic hydroxyl groups excluding tert-OH is 1. The number of hydroxylamine groups is 1. The summed E-state index contributed by atoms with van der Waals surface area (Å²) in [4.78, 5) is 24.4. The van der Waals surface area contributed by atoms with E-state index in [0.29, 0.717) is 30.7 Å². The minimum atomic E-state index is -0.812.